The molecule has 1 nitrogen and oxygen atoms in total. The lowest BCUT2D eigenvalue weighted by molar-refractivity contribution is 0.313. The van der Waals surface area contributed by atoms with E-state index in [1.165, 1.54) is 37.9 Å². The maximum absolute atomic E-state index is 3.92. The first-order chi connectivity index (χ1) is 9.33. The topological polar surface area (TPSA) is 12.0 Å². The molecule has 19 heavy (non-hydrogen) atoms. The summed E-state index contributed by atoms with van der Waals surface area (Å²) in [7, 11) is 0. The third-order valence-electron chi connectivity index (χ3n) is 4.82. The van der Waals surface area contributed by atoms with E-state index in [4.69, 9.17) is 0 Å². The van der Waals surface area contributed by atoms with Gasteiger partial charge in [0.2, 0.25) is 0 Å². The zero-order valence-corrected chi connectivity index (χ0v) is 12.7. The number of nitrogens with one attached hydrogen (secondary N) is 1. The van der Waals surface area contributed by atoms with Crippen LogP contribution in [0.1, 0.15) is 50.5 Å². The SMILES string of the molecule is CC1SCCC1NC1CCC(c2ccccc2)CC1. The Labute approximate surface area is 121 Å². The summed E-state index contributed by atoms with van der Waals surface area (Å²) < 4.78 is 0. The molecule has 104 valence electrons. The zero-order chi connectivity index (χ0) is 13.1. The van der Waals surface area contributed by atoms with Gasteiger partial charge in [-0.05, 0) is 49.3 Å². The highest BCUT2D eigenvalue weighted by atomic mass is 32.2. The van der Waals surface area contributed by atoms with Gasteiger partial charge in [-0.1, -0.05) is 37.3 Å². The van der Waals surface area contributed by atoms with Gasteiger partial charge in [0.1, 0.15) is 0 Å². The van der Waals surface area contributed by atoms with Gasteiger partial charge in [0.25, 0.3) is 0 Å². The maximum Gasteiger partial charge on any atom is 0.0194 e. The highest BCUT2D eigenvalue weighted by molar-refractivity contribution is 8.00. The molecular formula is C17H25NS. The molecule has 1 aromatic carbocycles. The Balaban J connectivity index is 1.49. The monoisotopic (exact) mass is 275 g/mol. The standard InChI is InChI=1S/C17H25NS/c1-13-17(11-12-19-13)18-16-9-7-15(8-10-16)14-5-3-2-4-6-14/h2-6,13,15-18H,7-12H2,1H3. The molecule has 2 aliphatic rings. The molecule has 0 aromatic heterocycles. The molecule has 2 atom stereocenters. The number of hydrogen-bond acceptors (Lipinski definition) is 2. The van der Waals surface area contributed by atoms with Gasteiger partial charge in [-0.3, -0.25) is 0 Å². The molecule has 0 bridgehead atoms. The molecule has 0 radical (unpaired) electrons. The van der Waals surface area contributed by atoms with Crippen molar-refractivity contribution < 1.29 is 0 Å². The first-order valence-electron chi connectivity index (χ1n) is 7.75. The number of benzene rings is 1. The third kappa shape index (κ3) is 3.35. The number of hydrogen-bond donors (Lipinski definition) is 1. The van der Waals surface area contributed by atoms with E-state index in [1.807, 2.05) is 0 Å². The molecule has 0 spiro atoms. The van der Waals surface area contributed by atoms with Crippen molar-refractivity contribution >= 4 is 11.8 Å². The summed E-state index contributed by atoms with van der Waals surface area (Å²) in [5.74, 6) is 2.15. The fourth-order valence-electron chi connectivity index (χ4n) is 3.57. The van der Waals surface area contributed by atoms with Crippen LogP contribution in [0.25, 0.3) is 0 Å². The van der Waals surface area contributed by atoms with E-state index in [0.717, 1.165) is 23.3 Å². The lowest BCUT2D eigenvalue weighted by Gasteiger charge is -2.32. The highest BCUT2D eigenvalue weighted by Gasteiger charge is 2.28. The summed E-state index contributed by atoms with van der Waals surface area (Å²) >= 11 is 2.13. The smallest absolute Gasteiger partial charge is 0.0194 e. The zero-order valence-electron chi connectivity index (χ0n) is 11.8. The Morgan fingerprint density at radius 3 is 2.37 bits per heavy atom. The summed E-state index contributed by atoms with van der Waals surface area (Å²) in [6, 6.07) is 12.6. The predicted octanol–water partition coefficient (Wildman–Crippen LogP) is 4.20. The molecule has 0 amide bonds. The van der Waals surface area contributed by atoms with E-state index in [0.29, 0.717) is 0 Å². The fourth-order valence-corrected chi connectivity index (χ4v) is 4.78. The van der Waals surface area contributed by atoms with Crippen LogP contribution in [0.4, 0.5) is 0 Å². The average molecular weight is 275 g/mol. The average Bonchev–Trinajstić information content (AvgIpc) is 2.86. The summed E-state index contributed by atoms with van der Waals surface area (Å²) in [6.07, 6.45) is 6.79. The number of thioether (sulfide) groups is 1. The molecule has 1 N–H and O–H groups in total. The van der Waals surface area contributed by atoms with Gasteiger partial charge in [-0.25, -0.2) is 0 Å². The first kappa shape index (κ1) is 13.5. The molecule has 2 fully saturated rings. The minimum atomic E-state index is 0.767. The largest absolute Gasteiger partial charge is 0.310 e. The number of rotatable bonds is 3. The van der Waals surface area contributed by atoms with Crippen LogP contribution in [0.3, 0.4) is 0 Å². The lowest BCUT2D eigenvalue weighted by Crippen LogP contribution is -2.42. The van der Waals surface area contributed by atoms with Crippen LogP contribution in [-0.4, -0.2) is 23.1 Å². The minimum Gasteiger partial charge on any atom is -0.310 e. The van der Waals surface area contributed by atoms with Crippen molar-refractivity contribution in [1.82, 2.24) is 5.32 Å². The quantitative estimate of drug-likeness (QED) is 0.887. The van der Waals surface area contributed by atoms with Crippen LogP contribution in [0.5, 0.6) is 0 Å². The Bertz CT molecular complexity index is 384. The second-order valence-corrected chi connectivity index (χ2v) is 7.58. The van der Waals surface area contributed by atoms with E-state index in [1.54, 1.807) is 5.56 Å². The van der Waals surface area contributed by atoms with Crippen molar-refractivity contribution in [2.24, 2.45) is 0 Å². The molecule has 1 aromatic rings. The van der Waals surface area contributed by atoms with Crippen molar-refractivity contribution in [3.05, 3.63) is 35.9 Å². The van der Waals surface area contributed by atoms with Crippen molar-refractivity contribution in [1.29, 1.82) is 0 Å². The van der Waals surface area contributed by atoms with E-state index >= 15 is 0 Å². The molecular weight excluding hydrogens is 250 g/mol. The summed E-state index contributed by atoms with van der Waals surface area (Å²) in [5.41, 5.74) is 1.55. The van der Waals surface area contributed by atoms with E-state index in [2.05, 4.69) is 54.3 Å². The van der Waals surface area contributed by atoms with Gasteiger partial charge < -0.3 is 5.32 Å². The fraction of sp³-hybridized carbons (Fsp3) is 0.647. The maximum atomic E-state index is 3.92. The van der Waals surface area contributed by atoms with Crippen LogP contribution in [-0.2, 0) is 0 Å². The van der Waals surface area contributed by atoms with Gasteiger partial charge in [-0.15, -0.1) is 0 Å². The van der Waals surface area contributed by atoms with Crippen molar-refractivity contribution in [3.8, 4) is 0 Å². The Morgan fingerprint density at radius 1 is 1.00 bits per heavy atom. The second-order valence-electron chi connectivity index (χ2n) is 6.10. The van der Waals surface area contributed by atoms with Crippen molar-refractivity contribution in [2.75, 3.05) is 5.75 Å². The van der Waals surface area contributed by atoms with Crippen molar-refractivity contribution in [2.45, 2.75) is 62.3 Å². The van der Waals surface area contributed by atoms with E-state index in [-0.39, 0.29) is 0 Å². The Hall–Kier alpha value is -0.470. The van der Waals surface area contributed by atoms with E-state index in [9.17, 15) is 0 Å². The lowest BCUT2D eigenvalue weighted by atomic mass is 9.81. The molecule has 1 aliphatic heterocycles. The van der Waals surface area contributed by atoms with Gasteiger partial charge in [0.05, 0.1) is 0 Å². The van der Waals surface area contributed by atoms with Crippen LogP contribution in [0.2, 0.25) is 0 Å². The Kier molecular flexibility index (Phi) is 4.49. The van der Waals surface area contributed by atoms with Gasteiger partial charge in [0, 0.05) is 17.3 Å². The van der Waals surface area contributed by atoms with Crippen LogP contribution in [0, 0.1) is 0 Å². The van der Waals surface area contributed by atoms with Gasteiger partial charge in [0.15, 0.2) is 0 Å². The second kappa shape index (κ2) is 6.32. The van der Waals surface area contributed by atoms with Crippen LogP contribution >= 0.6 is 11.8 Å². The van der Waals surface area contributed by atoms with E-state index < -0.39 is 0 Å². The Morgan fingerprint density at radius 2 is 1.74 bits per heavy atom. The predicted molar refractivity (Wildman–Crippen MR) is 84.9 cm³/mol. The summed E-state index contributed by atoms with van der Waals surface area (Å²) in [6.45, 7) is 2.38. The molecule has 2 heteroatoms. The van der Waals surface area contributed by atoms with Gasteiger partial charge in [-0.2, -0.15) is 11.8 Å². The molecule has 3 rings (SSSR count). The van der Waals surface area contributed by atoms with Crippen LogP contribution < -0.4 is 5.32 Å². The highest BCUT2D eigenvalue weighted by Crippen LogP contribution is 2.34. The first-order valence-corrected chi connectivity index (χ1v) is 8.80. The molecule has 1 aliphatic carbocycles. The molecule has 1 saturated heterocycles. The third-order valence-corrected chi connectivity index (χ3v) is 6.15. The summed E-state index contributed by atoms with van der Waals surface area (Å²) in [4.78, 5) is 0. The molecule has 2 unspecified atom stereocenters. The van der Waals surface area contributed by atoms with Crippen molar-refractivity contribution in [3.63, 3.8) is 0 Å². The molecule has 1 saturated carbocycles. The van der Waals surface area contributed by atoms with Gasteiger partial charge >= 0.3 is 0 Å². The normalized spacial score (nSPS) is 35.4. The summed E-state index contributed by atoms with van der Waals surface area (Å²) in [5, 5.41) is 4.73. The van der Waals surface area contributed by atoms with Crippen LogP contribution in [0.15, 0.2) is 30.3 Å². The molecule has 1 heterocycles. The minimum absolute atomic E-state index is 0.767.